The van der Waals surface area contributed by atoms with Gasteiger partial charge in [0, 0.05) is 29.2 Å². The van der Waals surface area contributed by atoms with Crippen molar-refractivity contribution >= 4 is 22.6 Å². The number of nitrogens with one attached hydrogen (secondary N) is 1. The van der Waals surface area contributed by atoms with Crippen LogP contribution in [0.5, 0.6) is 0 Å². The van der Waals surface area contributed by atoms with Crippen LogP contribution in [0.3, 0.4) is 0 Å². The fourth-order valence-electron chi connectivity index (χ4n) is 3.52. The molecule has 1 aliphatic heterocycles. The van der Waals surface area contributed by atoms with E-state index in [1.165, 1.54) is 24.3 Å². The predicted molar refractivity (Wildman–Crippen MR) is 94.7 cm³/mol. The number of hydrogen-bond acceptors (Lipinski definition) is 3. The van der Waals surface area contributed by atoms with Gasteiger partial charge < -0.3 is 14.8 Å². The van der Waals surface area contributed by atoms with E-state index in [1.807, 2.05) is 12.1 Å². The van der Waals surface area contributed by atoms with E-state index in [0.717, 1.165) is 30.6 Å². The van der Waals surface area contributed by atoms with Gasteiger partial charge in [0.1, 0.15) is 22.7 Å². The predicted octanol–water partition coefficient (Wildman–Crippen LogP) is 5.25. The zero-order valence-corrected chi connectivity index (χ0v) is 13.8. The second-order valence-electron chi connectivity index (χ2n) is 6.52. The van der Waals surface area contributed by atoms with Crippen molar-refractivity contribution in [2.24, 2.45) is 0 Å². The highest BCUT2D eigenvalue weighted by Crippen LogP contribution is 2.40. The van der Waals surface area contributed by atoms with Gasteiger partial charge in [-0.2, -0.15) is 0 Å². The summed E-state index contributed by atoms with van der Waals surface area (Å²) in [7, 11) is 0. The molecule has 25 heavy (non-hydrogen) atoms. The minimum atomic E-state index is -1.05. The van der Waals surface area contributed by atoms with Crippen LogP contribution in [0.2, 0.25) is 0 Å². The summed E-state index contributed by atoms with van der Waals surface area (Å²) in [5.41, 5.74) is 3.30. The topological polar surface area (TPSA) is 62.5 Å². The maximum Gasteiger partial charge on any atom is 0.340 e. The van der Waals surface area contributed by atoms with Gasteiger partial charge in [0.25, 0.3) is 0 Å². The number of furan rings is 1. The molecule has 4 nitrogen and oxygen atoms in total. The summed E-state index contributed by atoms with van der Waals surface area (Å²) in [6.45, 7) is 3.04. The van der Waals surface area contributed by atoms with Gasteiger partial charge in [0.05, 0.1) is 0 Å². The number of anilines is 1. The van der Waals surface area contributed by atoms with Crippen LogP contribution in [-0.2, 0) is 0 Å². The van der Waals surface area contributed by atoms with Crippen LogP contribution in [0.25, 0.3) is 22.3 Å². The molecule has 0 fully saturated rings. The van der Waals surface area contributed by atoms with Crippen molar-refractivity contribution in [3.8, 4) is 11.3 Å². The Morgan fingerprint density at radius 1 is 1.28 bits per heavy atom. The lowest BCUT2D eigenvalue weighted by Crippen LogP contribution is -2.00. The molecule has 0 spiro atoms. The van der Waals surface area contributed by atoms with Crippen LogP contribution in [0.15, 0.2) is 40.8 Å². The molecule has 3 aromatic rings. The third-order valence-electron chi connectivity index (χ3n) is 4.84. The molecule has 0 radical (unpaired) electrons. The lowest BCUT2D eigenvalue weighted by Gasteiger charge is -2.12. The molecule has 2 aromatic carbocycles. The summed E-state index contributed by atoms with van der Waals surface area (Å²) in [4.78, 5) is 11.9. The van der Waals surface area contributed by atoms with Crippen molar-refractivity contribution in [1.29, 1.82) is 0 Å². The Balaban J connectivity index is 1.97. The van der Waals surface area contributed by atoms with Crippen molar-refractivity contribution in [2.45, 2.75) is 25.7 Å². The first-order chi connectivity index (χ1) is 12.0. The minimum absolute atomic E-state index is 0.126. The number of fused-ring (bicyclic) bond motifs is 2. The number of carboxylic acid groups (broad SMARTS) is 1. The molecule has 0 aliphatic carbocycles. The second-order valence-corrected chi connectivity index (χ2v) is 6.52. The van der Waals surface area contributed by atoms with Gasteiger partial charge in [-0.05, 0) is 54.7 Å². The van der Waals surface area contributed by atoms with E-state index in [-0.39, 0.29) is 17.1 Å². The maximum absolute atomic E-state index is 13.2. The van der Waals surface area contributed by atoms with Gasteiger partial charge >= 0.3 is 5.97 Å². The lowest BCUT2D eigenvalue weighted by atomic mass is 9.94. The van der Waals surface area contributed by atoms with E-state index >= 15 is 0 Å². The van der Waals surface area contributed by atoms with Gasteiger partial charge in [0.2, 0.25) is 0 Å². The van der Waals surface area contributed by atoms with Gasteiger partial charge in [-0.1, -0.05) is 6.92 Å². The Morgan fingerprint density at radius 3 is 2.76 bits per heavy atom. The molecule has 4 rings (SSSR count). The number of carbonyl (C=O) groups is 1. The average molecular weight is 339 g/mol. The molecule has 1 unspecified atom stereocenters. The van der Waals surface area contributed by atoms with Gasteiger partial charge in [-0.25, -0.2) is 9.18 Å². The molecule has 2 heterocycles. The van der Waals surface area contributed by atoms with E-state index in [4.69, 9.17) is 4.42 Å². The summed E-state index contributed by atoms with van der Waals surface area (Å²) in [5.74, 6) is -0.815. The molecular formula is C20H18FNO3. The minimum Gasteiger partial charge on any atom is -0.478 e. The molecular weight excluding hydrogens is 321 g/mol. The van der Waals surface area contributed by atoms with Crippen LogP contribution in [0.4, 0.5) is 10.1 Å². The first-order valence-electron chi connectivity index (χ1n) is 8.38. The monoisotopic (exact) mass is 339 g/mol. The van der Waals surface area contributed by atoms with Crippen molar-refractivity contribution < 1.29 is 18.7 Å². The number of rotatable bonds is 2. The number of halogens is 1. The lowest BCUT2D eigenvalue weighted by molar-refractivity contribution is 0.0699. The van der Waals surface area contributed by atoms with E-state index in [1.54, 1.807) is 0 Å². The Hall–Kier alpha value is -2.82. The number of aromatic carboxylic acids is 1. The number of carboxylic acids is 1. The summed E-state index contributed by atoms with van der Waals surface area (Å²) in [5, 5.41) is 13.7. The third kappa shape index (κ3) is 2.65. The Labute approximate surface area is 144 Å². The average Bonchev–Trinajstić information content (AvgIpc) is 2.87. The Bertz CT molecular complexity index is 959. The highest BCUT2D eigenvalue weighted by atomic mass is 19.1. The number of hydrogen-bond donors (Lipinski definition) is 2. The smallest absolute Gasteiger partial charge is 0.340 e. The quantitative estimate of drug-likeness (QED) is 0.670. The van der Waals surface area contributed by atoms with E-state index in [0.29, 0.717) is 22.5 Å². The normalized spacial score (nSPS) is 17.0. The first kappa shape index (κ1) is 15.7. The molecule has 1 atom stereocenters. The van der Waals surface area contributed by atoms with E-state index in [2.05, 4.69) is 12.2 Å². The van der Waals surface area contributed by atoms with Gasteiger partial charge in [-0.15, -0.1) is 0 Å². The Kier molecular flexibility index (Phi) is 3.71. The highest BCUT2D eigenvalue weighted by Gasteiger charge is 2.25. The van der Waals surface area contributed by atoms with Crippen LogP contribution < -0.4 is 5.32 Å². The second kappa shape index (κ2) is 5.92. The van der Waals surface area contributed by atoms with Gasteiger partial charge in [-0.3, -0.25) is 0 Å². The summed E-state index contributed by atoms with van der Waals surface area (Å²) in [6.07, 6.45) is 2.13. The molecule has 1 aliphatic rings. The molecule has 5 heteroatoms. The maximum atomic E-state index is 13.2. The third-order valence-corrected chi connectivity index (χ3v) is 4.84. The van der Waals surface area contributed by atoms with E-state index < -0.39 is 5.97 Å². The van der Waals surface area contributed by atoms with Crippen LogP contribution in [0.1, 0.15) is 41.6 Å². The molecule has 1 aromatic heterocycles. The molecule has 128 valence electrons. The Morgan fingerprint density at radius 2 is 2.04 bits per heavy atom. The fraction of sp³-hybridized carbons (Fsp3) is 0.250. The van der Waals surface area contributed by atoms with Crippen molar-refractivity contribution in [2.75, 3.05) is 11.9 Å². The standard InChI is InChI=1S/C20H18FNO3/c1-11-3-2-8-22-16-10-17-15(9-14(11)16)18(20(23)24)19(25-17)12-4-6-13(21)7-5-12/h4-7,9-11,22H,2-3,8H2,1H3,(H,23,24). The van der Waals surface area contributed by atoms with Crippen LogP contribution in [0, 0.1) is 5.82 Å². The highest BCUT2D eigenvalue weighted by molar-refractivity contribution is 6.08. The largest absolute Gasteiger partial charge is 0.478 e. The fourth-order valence-corrected chi connectivity index (χ4v) is 3.52. The summed E-state index contributed by atoms with van der Waals surface area (Å²) in [6, 6.07) is 9.47. The van der Waals surface area contributed by atoms with Crippen molar-refractivity contribution in [3.05, 3.63) is 53.3 Å². The van der Waals surface area contributed by atoms with Crippen LogP contribution >= 0.6 is 0 Å². The van der Waals surface area contributed by atoms with E-state index in [9.17, 15) is 14.3 Å². The molecule has 2 N–H and O–H groups in total. The summed E-state index contributed by atoms with van der Waals surface area (Å²) >= 11 is 0. The summed E-state index contributed by atoms with van der Waals surface area (Å²) < 4.78 is 19.1. The molecule has 0 saturated heterocycles. The SMILES string of the molecule is CC1CCCNc2cc3oc(-c4ccc(F)cc4)c(C(=O)O)c3cc21. The van der Waals surface area contributed by atoms with Crippen LogP contribution in [-0.4, -0.2) is 17.6 Å². The van der Waals surface area contributed by atoms with Crippen molar-refractivity contribution in [1.82, 2.24) is 0 Å². The number of benzene rings is 2. The zero-order chi connectivity index (χ0) is 17.6. The zero-order valence-electron chi connectivity index (χ0n) is 13.8. The van der Waals surface area contributed by atoms with Crippen molar-refractivity contribution in [3.63, 3.8) is 0 Å². The molecule has 0 bridgehead atoms. The first-order valence-corrected chi connectivity index (χ1v) is 8.38. The molecule has 0 amide bonds. The van der Waals surface area contributed by atoms with Gasteiger partial charge in [0.15, 0.2) is 0 Å². The molecule has 0 saturated carbocycles.